The van der Waals surface area contributed by atoms with Crippen molar-refractivity contribution in [2.24, 2.45) is 12.8 Å². The third-order valence-corrected chi connectivity index (χ3v) is 2.76. The van der Waals surface area contributed by atoms with Gasteiger partial charge in [0.15, 0.2) is 0 Å². The first kappa shape index (κ1) is 14.4. The molecule has 0 radical (unpaired) electrons. The molecule has 6 nitrogen and oxygen atoms in total. The zero-order valence-electron chi connectivity index (χ0n) is 11.1. The van der Waals surface area contributed by atoms with E-state index in [2.05, 4.69) is 10.4 Å². The third kappa shape index (κ3) is 2.98. The van der Waals surface area contributed by atoms with Crippen molar-refractivity contribution < 1.29 is 4.79 Å². The lowest BCUT2D eigenvalue weighted by Crippen LogP contribution is -2.36. The van der Waals surface area contributed by atoms with E-state index in [-0.39, 0.29) is 12.5 Å². The molecular weight excluding hydrogens is 250 g/mol. The molecule has 0 saturated carbocycles. The minimum atomic E-state index is -0.0484. The molecule has 0 aliphatic heterocycles. The van der Waals surface area contributed by atoms with Crippen LogP contribution in [0, 0.1) is 6.92 Å². The monoisotopic (exact) mass is 269 g/mol. The number of amides is 1. The molecule has 1 amide bonds. The highest BCUT2D eigenvalue weighted by Gasteiger charge is 2.20. The van der Waals surface area contributed by atoms with Gasteiger partial charge in [-0.1, -0.05) is 12.2 Å². The van der Waals surface area contributed by atoms with Gasteiger partial charge in [-0.2, -0.15) is 5.10 Å². The van der Waals surface area contributed by atoms with Crippen LogP contribution >= 0.6 is 12.2 Å². The average Bonchev–Trinajstić information content (AvgIpc) is 2.53. The summed E-state index contributed by atoms with van der Waals surface area (Å²) in [6, 6.07) is 0. The molecular formula is C11H19N5OS. The molecule has 0 unspecified atom stereocenters. The minimum absolute atomic E-state index is 0.0484. The summed E-state index contributed by atoms with van der Waals surface area (Å²) in [7, 11) is 3.62. The SMILES string of the molecule is CCNC(=O)CN(C)c1c(C(N)=S)c(C)nn1C. The van der Waals surface area contributed by atoms with Gasteiger partial charge in [0.2, 0.25) is 5.91 Å². The van der Waals surface area contributed by atoms with Crippen molar-refractivity contribution in [3.63, 3.8) is 0 Å². The molecule has 0 spiro atoms. The Bertz CT molecular complexity index is 468. The van der Waals surface area contributed by atoms with Crippen LogP contribution in [0.15, 0.2) is 0 Å². The van der Waals surface area contributed by atoms with Crippen LogP contribution in [-0.4, -0.2) is 40.8 Å². The van der Waals surface area contributed by atoms with Crippen molar-refractivity contribution in [3.8, 4) is 0 Å². The van der Waals surface area contributed by atoms with Gasteiger partial charge in [0.1, 0.15) is 10.8 Å². The maximum absolute atomic E-state index is 11.6. The first-order chi connectivity index (χ1) is 8.38. The zero-order valence-corrected chi connectivity index (χ0v) is 12.0. The van der Waals surface area contributed by atoms with Crippen LogP contribution < -0.4 is 16.0 Å². The first-order valence-corrected chi connectivity index (χ1v) is 6.10. The quantitative estimate of drug-likeness (QED) is 0.732. The lowest BCUT2D eigenvalue weighted by Gasteiger charge is -2.20. The summed E-state index contributed by atoms with van der Waals surface area (Å²) in [6.45, 7) is 4.58. The van der Waals surface area contributed by atoms with Crippen molar-refractivity contribution in [1.82, 2.24) is 15.1 Å². The molecule has 1 aromatic heterocycles. The molecule has 0 saturated heterocycles. The zero-order chi connectivity index (χ0) is 13.9. The van der Waals surface area contributed by atoms with E-state index in [0.717, 1.165) is 17.1 Å². The van der Waals surface area contributed by atoms with Crippen molar-refractivity contribution in [3.05, 3.63) is 11.3 Å². The van der Waals surface area contributed by atoms with Crippen LogP contribution in [0.3, 0.4) is 0 Å². The molecule has 7 heteroatoms. The first-order valence-electron chi connectivity index (χ1n) is 5.69. The highest BCUT2D eigenvalue weighted by molar-refractivity contribution is 7.80. The number of hydrogen-bond donors (Lipinski definition) is 2. The molecule has 1 aromatic rings. The molecule has 0 atom stereocenters. The molecule has 18 heavy (non-hydrogen) atoms. The maximum atomic E-state index is 11.6. The van der Waals surface area contributed by atoms with Crippen LogP contribution in [0.25, 0.3) is 0 Å². The molecule has 3 N–H and O–H groups in total. The summed E-state index contributed by atoms with van der Waals surface area (Å²) in [5.41, 5.74) is 7.19. The summed E-state index contributed by atoms with van der Waals surface area (Å²) in [6.07, 6.45) is 0. The Hall–Kier alpha value is -1.63. The standard InChI is InChI=1S/C11H19N5OS/c1-5-13-8(17)6-15(3)11-9(10(12)18)7(2)14-16(11)4/h5-6H2,1-4H3,(H2,12,18)(H,13,17). The number of aryl methyl sites for hydroxylation is 2. The summed E-state index contributed by atoms with van der Waals surface area (Å²) < 4.78 is 1.68. The lowest BCUT2D eigenvalue weighted by molar-refractivity contribution is -0.119. The van der Waals surface area contributed by atoms with E-state index in [1.807, 2.05) is 20.9 Å². The number of anilines is 1. The van der Waals surface area contributed by atoms with E-state index in [1.165, 1.54) is 0 Å². The predicted octanol–water partition coefficient (Wildman–Crippen LogP) is -0.0650. The van der Waals surface area contributed by atoms with E-state index < -0.39 is 0 Å². The fourth-order valence-electron chi connectivity index (χ4n) is 1.92. The van der Waals surface area contributed by atoms with Gasteiger partial charge in [0.25, 0.3) is 0 Å². The van der Waals surface area contributed by atoms with E-state index in [9.17, 15) is 4.79 Å². The number of carbonyl (C=O) groups excluding carboxylic acids is 1. The van der Waals surface area contributed by atoms with E-state index in [0.29, 0.717) is 11.5 Å². The van der Waals surface area contributed by atoms with Crippen LogP contribution in [0.4, 0.5) is 5.82 Å². The van der Waals surface area contributed by atoms with Gasteiger partial charge in [-0.25, -0.2) is 0 Å². The summed E-state index contributed by atoms with van der Waals surface area (Å²) in [4.78, 5) is 13.7. The highest BCUT2D eigenvalue weighted by Crippen LogP contribution is 2.21. The van der Waals surface area contributed by atoms with Gasteiger partial charge in [-0.15, -0.1) is 0 Å². The van der Waals surface area contributed by atoms with E-state index in [4.69, 9.17) is 18.0 Å². The van der Waals surface area contributed by atoms with Gasteiger partial charge >= 0.3 is 0 Å². The summed E-state index contributed by atoms with van der Waals surface area (Å²) >= 11 is 5.03. The predicted molar refractivity (Wildman–Crippen MR) is 75.8 cm³/mol. The number of carbonyl (C=O) groups is 1. The smallest absolute Gasteiger partial charge is 0.239 e. The van der Waals surface area contributed by atoms with Crippen LogP contribution in [0.2, 0.25) is 0 Å². The van der Waals surface area contributed by atoms with Crippen LogP contribution in [0.5, 0.6) is 0 Å². The Labute approximate surface area is 112 Å². The van der Waals surface area contributed by atoms with Crippen molar-refractivity contribution >= 4 is 28.9 Å². The van der Waals surface area contributed by atoms with Crippen molar-refractivity contribution in [2.75, 3.05) is 25.0 Å². The number of nitrogens with one attached hydrogen (secondary N) is 1. The van der Waals surface area contributed by atoms with Crippen molar-refractivity contribution in [1.29, 1.82) is 0 Å². The Morgan fingerprint density at radius 1 is 1.61 bits per heavy atom. The van der Waals surface area contributed by atoms with Gasteiger partial charge < -0.3 is 16.0 Å². The van der Waals surface area contributed by atoms with Gasteiger partial charge in [0, 0.05) is 20.6 Å². The Kier molecular flexibility index (Phi) is 4.66. The molecule has 0 bridgehead atoms. The fraction of sp³-hybridized carbons (Fsp3) is 0.545. The van der Waals surface area contributed by atoms with Gasteiger partial charge in [-0.05, 0) is 13.8 Å². The van der Waals surface area contributed by atoms with Crippen LogP contribution in [0.1, 0.15) is 18.2 Å². The molecule has 0 aliphatic rings. The van der Waals surface area contributed by atoms with Crippen LogP contribution in [-0.2, 0) is 11.8 Å². The molecule has 0 fully saturated rings. The van der Waals surface area contributed by atoms with E-state index >= 15 is 0 Å². The lowest BCUT2D eigenvalue weighted by atomic mass is 10.2. The van der Waals surface area contributed by atoms with Gasteiger partial charge in [-0.3, -0.25) is 9.48 Å². The summed E-state index contributed by atoms with van der Waals surface area (Å²) in [5.74, 6) is 0.707. The molecule has 1 rings (SSSR count). The second kappa shape index (κ2) is 5.81. The Morgan fingerprint density at radius 2 is 2.22 bits per heavy atom. The van der Waals surface area contributed by atoms with Gasteiger partial charge in [0.05, 0.1) is 17.8 Å². The largest absolute Gasteiger partial charge is 0.389 e. The topological polar surface area (TPSA) is 76.2 Å². The molecule has 100 valence electrons. The molecule has 0 aromatic carbocycles. The normalized spacial score (nSPS) is 10.2. The molecule has 0 aliphatic carbocycles. The number of hydrogen-bond acceptors (Lipinski definition) is 4. The number of nitrogens with zero attached hydrogens (tertiary/aromatic N) is 3. The second-order valence-electron chi connectivity index (χ2n) is 4.08. The fourth-order valence-corrected chi connectivity index (χ4v) is 2.15. The average molecular weight is 269 g/mol. The second-order valence-corrected chi connectivity index (χ2v) is 4.52. The number of nitrogens with two attached hydrogens (primary N) is 1. The number of thiocarbonyl (C=S) groups is 1. The third-order valence-electron chi connectivity index (χ3n) is 2.55. The summed E-state index contributed by atoms with van der Waals surface area (Å²) in [5, 5.41) is 7.03. The maximum Gasteiger partial charge on any atom is 0.239 e. The highest BCUT2D eigenvalue weighted by atomic mass is 32.1. The Balaban J connectivity index is 3.01. The number of rotatable bonds is 5. The number of aromatic nitrogens is 2. The number of likely N-dealkylation sites (N-methyl/N-ethyl adjacent to an activating group) is 2. The minimum Gasteiger partial charge on any atom is -0.389 e. The van der Waals surface area contributed by atoms with E-state index in [1.54, 1.807) is 16.6 Å². The van der Waals surface area contributed by atoms with Crippen molar-refractivity contribution in [2.45, 2.75) is 13.8 Å². The Morgan fingerprint density at radius 3 is 2.72 bits per heavy atom. The molecule has 1 heterocycles.